The second-order valence-corrected chi connectivity index (χ2v) is 7.18. The van der Waals surface area contributed by atoms with Crippen molar-refractivity contribution in [3.63, 3.8) is 0 Å². The Bertz CT molecular complexity index is 929. The highest BCUT2D eigenvalue weighted by Gasteiger charge is 2.22. The van der Waals surface area contributed by atoms with E-state index < -0.39 is 4.92 Å². The molecular formula is C21H23N3O6. The van der Waals surface area contributed by atoms with Crippen molar-refractivity contribution in [1.29, 1.82) is 0 Å². The molecule has 2 aliphatic heterocycles. The largest absolute Gasteiger partial charge is 0.454 e. The molecule has 0 radical (unpaired) electrons. The summed E-state index contributed by atoms with van der Waals surface area (Å²) in [6.07, 6.45) is 0. The standard InChI is InChI=1S/C21H23N3O6/c25-21(17-2-1-3-18(13-17)24(26)27)23(7-6-22-8-10-28-11-9-22)14-16-4-5-19-20(12-16)30-15-29-19/h1-5,12-13H,6-11,14-15H2. The lowest BCUT2D eigenvalue weighted by Gasteiger charge is -2.30. The first-order chi connectivity index (χ1) is 14.6. The molecule has 9 nitrogen and oxygen atoms in total. The van der Waals surface area contributed by atoms with E-state index in [1.54, 1.807) is 11.0 Å². The summed E-state index contributed by atoms with van der Waals surface area (Å²) in [5, 5.41) is 11.1. The van der Waals surface area contributed by atoms with Crippen LogP contribution in [0.1, 0.15) is 15.9 Å². The predicted molar refractivity (Wildman–Crippen MR) is 108 cm³/mol. The van der Waals surface area contributed by atoms with Crippen LogP contribution >= 0.6 is 0 Å². The van der Waals surface area contributed by atoms with Crippen molar-refractivity contribution < 1.29 is 23.9 Å². The third kappa shape index (κ3) is 4.69. The molecule has 0 unspecified atom stereocenters. The van der Waals surface area contributed by atoms with Gasteiger partial charge >= 0.3 is 0 Å². The molecule has 9 heteroatoms. The Morgan fingerprint density at radius 3 is 2.70 bits per heavy atom. The monoisotopic (exact) mass is 413 g/mol. The molecule has 4 rings (SSSR count). The maximum atomic E-state index is 13.2. The molecule has 2 aliphatic rings. The number of hydrogen-bond acceptors (Lipinski definition) is 7. The van der Waals surface area contributed by atoms with Crippen molar-refractivity contribution in [2.75, 3.05) is 46.2 Å². The fraction of sp³-hybridized carbons (Fsp3) is 0.381. The van der Waals surface area contributed by atoms with Crippen molar-refractivity contribution in [1.82, 2.24) is 9.80 Å². The number of carbonyl (C=O) groups excluding carboxylic acids is 1. The summed E-state index contributed by atoms with van der Waals surface area (Å²) < 4.78 is 16.2. The molecule has 2 aromatic rings. The summed E-state index contributed by atoms with van der Waals surface area (Å²) in [6, 6.07) is 11.4. The Morgan fingerprint density at radius 2 is 1.90 bits per heavy atom. The molecule has 2 aromatic carbocycles. The Kier molecular flexibility index (Phi) is 6.10. The zero-order valence-electron chi connectivity index (χ0n) is 16.5. The van der Waals surface area contributed by atoms with Gasteiger partial charge in [0.15, 0.2) is 11.5 Å². The molecule has 0 bridgehead atoms. The minimum Gasteiger partial charge on any atom is -0.454 e. The minimum absolute atomic E-state index is 0.0999. The van der Waals surface area contributed by atoms with Crippen LogP contribution in [-0.2, 0) is 11.3 Å². The van der Waals surface area contributed by atoms with Gasteiger partial charge in [-0.3, -0.25) is 19.8 Å². The van der Waals surface area contributed by atoms with E-state index in [2.05, 4.69) is 4.90 Å². The van der Waals surface area contributed by atoms with Crippen molar-refractivity contribution in [3.8, 4) is 11.5 Å². The summed E-state index contributed by atoms with van der Waals surface area (Å²) >= 11 is 0. The van der Waals surface area contributed by atoms with Gasteiger partial charge < -0.3 is 19.1 Å². The summed E-state index contributed by atoms with van der Waals surface area (Å²) in [5.74, 6) is 1.09. The highest BCUT2D eigenvalue weighted by atomic mass is 16.7. The summed E-state index contributed by atoms with van der Waals surface area (Å²) in [5.41, 5.74) is 1.10. The van der Waals surface area contributed by atoms with Gasteiger partial charge in [-0.05, 0) is 23.8 Å². The summed E-state index contributed by atoms with van der Waals surface area (Å²) in [4.78, 5) is 27.8. The van der Waals surface area contributed by atoms with E-state index in [1.165, 1.54) is 18.2 Å². The highest BCUT2D eigenvalue weighted by Crippen LogP contribution is 2.33. The number of nitro groups is 1. The molecule has 0 aromatic heterocycles. The number of carbonyl (C=O) groups is 1. The van der Waals surface area contributed by atoms with Gasteiger partial charge in [-0.2, -0.15) is 0 Å². The molecule has 1 saturated heterocycles. The van der Waals surface area contributed by atoms with Crippen molar-refractivity contribution in [3.05, 3.63) is 63.7 Å². The molecule has 0 atom stereocenters. The fourth-order valence-corrected chi connectivity index (χ4v) is 3.53. The molecule has 30 heavy (non-hydrogen) atoms. The summed E-state index contributed by atoms with van der Waals surface area (Å²) in [6.45, 7) is 4.76. The van der Waals surface area contributed by atoms with Gasteiger partial charge in [-0.15, -0.1) is 0 Å². The van der Waals surface area contributed by atoms with E-state index in [-0.39, 0.29) is 18.4 Å². The van der Waals surface area contributed by atoms with Gasteiger partial charge in [0.05, 0.1) is 18.1 Å². The molecule has 1 fully saturated rings. The Hall–Kier alpha value is -3.17. The molecule has 1 amide bonds. The number of amides is 1. The molecule has 2 heterocycles. The van der Waals surface area contributed by atoms with Gasteiger partial charge in [0, 0.05) is 50.4 Å². The van der Waals surface area contributed by atoms with Gasteiger partial charge in [0.1, 0.15) is 0 Å². The maximum absolute atomic E-state index is 13.2. The normalized spacial score (nSPS) is 15.7. The molecule has 0 aliphatic carbocycles. The number of nitro benzene ring substituents is 1. The van der Waals surface area contributed by atoms with Gasteiger partial charge in [0.25, 0.3) is 11.6 Å². The first-order valence-electron chi connectivity index (χ1n) is 9.82. The van der Waals surface area contributed by atoms with Crippen LogP contribution in [0.3, 0.4) is 0 Å². The van der Waals surface area contributed by atoms with Crippen LogP contribution in [0.4, 0.5) is 5.69 Å². The van der Waals surface area contributed by atoms with E-state index in [0.717, 1.165) is 18.7 Å². The van der Waals surface area contributed by atoms with Crippen LogP contribution in [0, 0.1) is 10.1 Å². The predicted octanol–water partition coefficient (Wildman–Crippen LogP) is 2.30. The summed E-state index contributed by atoms with van der Waals surface area (Å²) in [7, 11) is 0. The second kappa shape index (κ2) is 9.10. The smallest absolute Gasteiger partial charge is 0.270 e. The number of fused-ring (bicyclic) bond motifs is 1. The molecule has 0 spiro atoms. The van der Waals surface area contributed by atoms with E-state index >= 15 is 0 Å². The number of morpholine rings is 1. The first-order valence-corrected chi connectivity index (χ1v) is 9.82. The molecule has 0 N–H and O–H groups in total. The number of hydrogen-bond donors (Lipinski definition) is 0. The number of nitrogens with zero attached hydrogens (tertiary/aromatic N) is 3. The lowest BCUT2D eigenvalue weighted by Crippen LogP contribution is -2.42. The second-order valence-electron chi connectivity index (χ2n) is 7.18. The third-order valence-corrected chi connectivity index (χ3v) is 5.19. The molecule has 0 saturated carbocycles. The average molecular weight is 413 g/mol. The van der Waals surface area contributed by atoms with Crippen LogP contribution in [0.25, 0.3) is 0 Å². The van der Waals surface area contributed by atoms with Gasteiger partial charge in [0.2, 0.25) is 6.79 Å². The SMILES string of the molecule is O=C(c1cccc([N+](=O)[O-])c1)N(CCN1CCOCC1)Cc1ccc2c(c1)OCO2. The zero-order valence-corrected chi connectivity index (χ0v) is 16.5. The minimum atomic E-state index is -0.493. The Labute approximate surface area is 173 Å². The van der Waals surface area contributed by atoms with E-state index in [9.17, 15) is 14.9 Å². The van der Waals surface area contributed by atoms with E-state index in [0.29, 0.717) is 49.9 Å². The van der Waals surface area contributed by atoms with Gasteiger partial charge in [-0.1, -0.05) is 12.1 Å². The van der Waals surface area contributed by atoms with E-state index in [4.69, 9.17) is 14.2 Å². The van der Waals surface area contributed by atoms with Crippen molar-refractivity contribution >= 4 is 11.6 Å². The topological polar surface area (TPSA) is 94.4 Å². The van der Waals surface area contributed by atoms with Crippen LogP contribution in [0.2, 0.25) is 0 Å². The Morgan fingerprint density at radius 1 is 1.10 bits per heavy atom. The number of rotatable bonds is 7. The lowest BCUT2D eigenvalue weighted by molar-refractivity contribution is -0.384. The van der Waals surface area contributed by atoms with Gasteiger partial charge in [-0.25, -0.2) is 0 Å². The van der Waals surface area contributed by atoms with Crippen LogP contribution in [0.5, 0.6) is 11.5 Å². The van der Waals surface area contributed by atoms with Crippen molar-refractivity contribution in [2.24, 2.45) is 0 Å². The average Bonchev–Trinajstić information content (AvgIpc) is 3.25. The van der Waals surface area contributed by atoms with Crippen LogP contribution < -0.4 is 9.47 Å². The number of benzene rings is 2. The zero-order chi connectivity index (χ0) is 20.9. The van der Waals surface area contributed by atoms with Crippen LogP contribution in [-0.4, -0.2) is 66.8 Å². The quantitative estimate of drug-likeness (QED) is 0.508. The molecular weight excluding hydrogens is 390 g/mol. The third-order valence-electron chi connectivity index (χ3n) is 5.19. The van der Waals surface area contributed by atoms with Crippen LogP contribution in [0.15, 0.2) is 42.5 Å². The number of non-ortho nitro benzene ring substituents is 1. The highest BCUT2D eigenvalue weighted by molar-refractivity contribution is 5.94. The lowest BCUT2D eigenvalue weighted by atomic mass is 10.1. The first kappa shape index (κ1) is 20.1. The number of ether oxygens (including phenoxy) is 3. The molecule has 158 valence electrons. The Balaban J connectivity index is 1.53. The maximum Gasteiger partial charge on any atom is 0.270 e. The van der Waals surface area contributed by atoms with E-state index in [1.807, 2.05) is 18.2 Å². The fourth-order valence-electron chi connectivity index (χ4n) is 3.53. The van der Waals surface area contributed by atoms with Crippen molar-refractivity contribution in [2.45, 2.75) is 6.54 Å².